The summed E-state index contributed by atoms with van der Waals surface area (Å²) in [5, 5.41) is 2.92. The minimum atomic E-state index is -0.359. The normalized spacial score (nSPS) is 21.0. The topological polar surface area (TPSA) is 75.7 Å². The molecule has 5 rings (SSSR count). The molecule has 0 spiro atoms. The van der Waals surface area contributed by atoms with Crippen LogP contribution in [0.15, 0.2) is 42.5 Å². The number of fused-ring (bicyclic) bond motifs is 1. The van der Waals surface area contributed by atoms with Crippen molar-refractivity contribution in [3.05, 3.63) is 64.7 Å². The zero-order chi connectivity index (χ0) is 21.4. The smallest absolute Gasteiger partial charge is 0.261 e. The molecule has 6 nitrogen and oxygen atoms in total. The molecule has 0 radical (unpaired) electrons. The highest BCUT2D eigenvalue weighted by Gasteiger charge is 2.38. The largest absolute Gasteiger partial charge is 0.376 e. The predicted octanol–water partition coefficient (Wildman–Crippen LogP) is 4.19. The number of imide groups is 1. The van der Waals surface area contributed by atoms with Gasteiger partial charge in [-0.1, -0.05) is 12.1 Å². The maximum Gasteiger partial charge on any atom is 0.261 e. The van der Waals surface area contributed by atoms with Crippen molar-refractivity contribution in [3.63, 3.8) is 0 Å². The molecule has 0 aliphatic carbocycles. The Morgan fingerprint density at radius 2 is 1.87 bits per heavy atom. The van der Waals surface area contributed by atoms with Gasteiger partial charge in [0.15, 0.2) is 0 Å². The van der Waals surface area contributed by atoms with Crippen LogP contribution < -0.4 is 5.32 Å². The first-order chi connectivity index (χ1) is 15.1. The van der Waals surface area contributed by atoms with Gasteiger partial charge in [0, 0.05) is 29.4 Å². The molecule has 0 aromatic heterocycles. The van der Waals surface area contributed by atoms with E-state index in [1.807, 2.05) is 41.7 Å². The van der Waals surface area contributed by atoms with Gasteiger partial charge >= 0.3 is 0 Å². The number of thioether (sulfide) groups is 2. The molecule has 3 amide bonds. The van der Waals surface area contributed by atoms with Crippen LogP contribution in [0, 0.1) is 0 Å². The molecule has 2 aromatic carbocycles. The van der Waals surface area contributed by atoms with Gasteiger partial charge in [-0.05, 0) is 48.7 Å². The van der Waals surface area contributed by atoms with Crippen molar-refractivity contribution in [1.82, 2.24) is 4.90 Å². The number of benzene rings is 2. The Bertz CT molecular complexity index is 1050. The molecule has 3 aliphatic heterocycles. The van der Waals surface area contributed by atoms with Crippen LogP contribution in [0.2, 0.25) is 0 Å². The van der Waals surface area contributed by atoms with E-state index in [1.54, 1.807) is 12.1 Å². The fourth-order valence-corrected chi connectivity index (χ4v) is 6.95. The third-order valence-electron chi connectivity index (χ3n) is 5.68. The third kappa shape index (κ3) is 4.12. The molecular weight excluding hydrogens is 432 g/mol. The van der Waals surface area contributed by atoms with E-state index in [-0.39, 0.29) is 35.9 Å². The first kappa shape index (κ1) is 20.6. The van der Waals surface area contributed by atoms with Crippen LogP contribution in [0.4, 0.5) is 5.69 Å². The maximum absolute atomic E-state index is 12.8. The van der Waals surface area contributed by atoms with Crippen molar-refractivity contribution >= 4 is 46.9 Å². The van der Waals surface area contributed by atoms with E-state index in [0.29, 0.717) is 22.3 Å². The molecule has 2 aromatic rings. The van der Waals surface area contributed by atoms with E-state index in [2.05, 4.69) is 11.4 Å². The second-order valence-electron chi connectivity index (χ2n) is 7.77. The molecule has 2 saturated heterocycles. The van der Waals surface area contributed by atoms with Crippen molar-refractivity contribution in [3.8, 4) is 0 Å². The quantitative estimate of drug-likeness (QED) is 0.683. The van der Waals surface area contributed by atoms with E-state index >= 15 is 0 Å². The summed E-state index contributed by atoms with van der Waals surface area (Å²) in [6, 6.07) is 12.6. The SMILES string of the molecule is O=C(Nc1cccc(C2SCCS2)c1)c1ccc2c(c1)C(=O)N(CC1CCCO1)C2=O. The summed E-state index contributed by atoms with van der Waals surface area (Å²) in [6.07, 6.45) is 1.68. The van der Waals surface area contributed by atoms with Gasteiger partial charge in [0.05, 0.1) is 28.4 Å². The summed E-state index contributed by atoms with van der Waals surface area (Å²) in [4.78, 5) is 39.6. The van der Waals surface area contributed by atoms with Crippen LogP contribution in [0.5, 0.6) is 0 Å². The van der Waals surface area contributed by atoms with Gasteiger partial charge in [-0.3, -0.25) is 19.3 Å². The molecule has 1 unspecified atom stereocenters. The fourth-order valence-electron chi connectivity index (χ4n) is 4.11. The Morgan fingerprint density at radius 3 is 2.65 bits per heavy atom. The summed E-state index contributed by atoms with van der Waals surface area (Å²) in [7, 11) is 0. The van der Waals surface area contributed by atoms with Crippen LogP contribution in [0.3, 0.4) is 0 Å². The highest BCUT2D eigenvalue weighted by atomic mass is 32.2. The predicted molar refractivity (Wildman–Crippen MR) is 123 cm³/mol. The summed E-state index contributed by atoms with van der Waals surface area (Å²) in [6.45, 7) is 0.926. The molecule has 2 fully saturated rings. The summed E-state index contributed by atoms with van der Waals surface area (Å²) in [5.41, 5.74) is 2.89. The average Bonchev–Trinajstić information content (AvgIpc) is 3.54. The standard InChI is InChI=1S/C23H22N2O4S2/c26-20(24-16-4-1-3-15(11-16)23-30-9-10-31-23)14-6-7-18-19(12-14)22(28)25(21(18)27)13-17-5-2-8-29-17/h1,3-4,6-7,11-12,17,23H,2,5,8-10,13H2,(H,24,26). The van der Waals surface area contributed by atoms with E-state index in [1.165, 1.54) is 16.5 Å². The number of anilines is 1. The van der Waals surface area contributed by atoms with Gasteiger partial charge < -0.3 is 10.1 Å². The lowest BCUT2D eigenvalue weighted by Crippen LogP contribution is -2.36. The van der Waals surface area contributed by atoms with E-state index in [9.17, 15) is 14.4 Å². The second-order valence-corrected chi connectivity index (χ2v) is 10.5. The number of carbonyl (C=O) groups excluding carboxylic acids is 3. The van der Waals surface area contributed by atoms with Gasteiger partial charge in [0.1, 0.15) is 0 Å². The first-order valence-corrected chi connectivity index (χ1v) is 12.5. The number of nitrogens with zero attached hydrogens (tertiary/aromatic N) is 1. The molecule has 3 heterocycles. The average molecular weight is 455 g/mol. The van der Waals surface area contributed by atoms with Gasteiger partial charge in [-0.2, -0.15) is 0 Å². The molecule has 0 saturated carbocycles. The number of amides is 3. The lowest BCUT2D eigenvalue weighted by molar-refractivity contribution is 0.0475. The van der Waals surface area contributed by atoms with Crippen LogP contribution in [-0.4, -0.2) is 53.4 Å². The molecule has 1 atom stereocenters. The van der Waals surface area contributed by atoms with Crippen LogP contribution >= 0.6 is 23.5 Å². The number of hydrogen-bond donors (Lipinski definition) is 1. The fraction of sp³-hybridized carbons (Fsp3) is 0.348. The highest BCUT2D eigenvalue weighted by molar-refractivity contribution is 8.19. The molecule has 31 heavy (non-hydrogen) atoms. The molecule has 8 heteroatoms. The van der Waals surface area contributed by atoms with Crippen LogP contribution in [0.25, 0.3) is 0 Å². The zero-order valence-electron chi connectivity index (χ0n) is 16.8. The molecule has 3 aliphatic rings. The van der Waals surface area contributed by atoms with E-state index in [0.717, 1.165) is 30.0 Å². The lowest BCUT2D eigenvalue weighted by Gasteiger charge is -2.17. The molecule has 160 valence electrons. The van der Waals surface area contributed by atoms with Crippen molar-refractivity contribution in [1.29, 1.82) is 0 Å². The Hall–Kier alpha value is -2.29. The Kier molecular flexibility index (Phi) is 5.77. The van der Waals surface area contributed by atoms with Gasteiger partial charge in [0.25, 0.3) is 17.7 Å². The Morgan fingerprint density at radius 1 is 1.06 bits per heavy atom. The van der Waals surface area contributed by atoms with Crippen molar-refractivity contribution < 1.29 is 19.1 Å². The van der Waals surface area contributed by atoms with Gasteiger partial charge in [-0.25, -0.2) is 0 Å². The second kappa shape index (κ2) is 8.68. The molecule has 0 bridgehead atoms. The van der Waals surface area contributed by atoms with Crippen molar-refractivity contribution in [2.75, 3.05) is 30.0 Å². The number of carbonyl (C=O) groups is 3. The van der Waals surface area contributed by atoms with Gasteiger partial charge in [-0.15, -0.1) is 23.5 Å². The number of nitrogens with one attached hydrogen (secondary N) is 1. The Balaban J connectivity index is 1.32. The third-order valence-corrected chi connectivity index (χ3v) is 8.79. The number of ether oxygens (including phenoxy) is 1. The summed E-state index contributed by atoms with van der Waals surface area (Å²) in [5.74, 6) is 1.30. The summed E-state index contributed by atoms with van der Waals surface area (Å²) < 4.78 is 5.97. The summed E-state index contributed by atoms with van der Waals surface area (Å²) >= 11 is 3.82. The van der Waals surface area contributed by atoms with Gasteiger partial charge in [0.2, 0.25) is 0 Å². The van der Waals surface area contributed by atoms with E-state index in [4.69, 9.17) is 4.74 Å². The van der Waals surface area contributed by atoms with E-state index < -0.39 is 0 Å². The molecular formula is C23H22N2O4S2. The zero-order valence-corrected chi connectivity index (χ0v) is 18.5. The maximum atomic E-state index is 12.8. The minimum Gasteiger partial charge on any atom is -0.376 e. The molecule has 1 N–H and O–H groups in total. The van der Waals surface area contributed by atoms with Crippen molar-refractivity contribution in [2.45, 2.75) is 23.5 Å². The Labute approximate surface area is 189 Å². The van der Waals surface area contributed by atoms with Crippen molar-refractivity contribution in [2.24, 2.45) is 0 Å². The van der Waals surface area contributed by atoms with Crippen LogP contribution in [0.1, 0.15) is 54.1 Å². The number of hydrogen-bond acceptors (Lipinski definition) is 6. The highest BCUT2D eigenvalue weighted by Crippen LogP contribution is 2.45. The first-order valence-electron chi connectivity index (χ1n) is 10.4. The van der Waals surface area contributed by atoms with Crippen LogP contribution in [-0.2, 0) is 4.74 Å². The number of rotatable bonds is 5. The monoisotopic (exact) mass is 454 g/mol. The lowest BCUT2D eigenvalue weighted by atomic mass is 10.1. The minimum absolute atomic E-state index is 0.103.